The molecule has 1 N–H and O–H groups in total. The molecule has 0 atom stereocenters. The molecule has 0 saturated heterocycles. The van der Waals surface area contributed by atoms with Crippen LogP contribution < -0.4 is 9.47 Å². The molecule has 0 bridgehead atoms. The van der Waals surface area contributed by atoms with Crippen LogP contribution in [0.15, 0.2) is 36.4 Å². The first-order chi connectivity index (χ1) is 16.0. The molecule has 0 radical (unpaired) electrons. The number of carboxylic acid groups (broad SMARTS) is 1. The molecule has 182 valence electrons. The number of hydrogen-bond donors (Lipinski definition) is 1. The smallest absolute Gasteiger partial charge is 0.335 e. The summed E-state index contributed by atoms with van der Waals surface area (Å²) >= 11 is 0. The Bertz CT molecular complexity index is 1180. The quantitative estimate of drug-likeness (QED) is 0.478. The molecule has 34 heavy (non-hydrogen) atoms. The van der Waals surface area contributed by atoms with Gasteiger partial charge in [0.2, 0.25) is 0 Å². The second-order valence-electron chi connectivity index (χ2n) is 9.42. The molecular formula is C27H33ClN2O4. The number of carbonyl (C=O) groups is 1. The molecule has 2 aliphatic rings. The number of carboxylic acids is 1. The third kappa shape index (κ3) is 4.49. The fraction of sp³-hybridized carbons (Fsp3) is 0.444. The van der Waals surface area contributed by atoms with Crippen molar-refractivity contribution < 1.29 is 19.4 Å². The van der Waals surface area contributed by atoms with Crippen LogP contribution >= 0.6 is 12.4 Å². The molecule has 2 aromatic carbocycles. The Balaban J connectivity index is 0.00000274. The van der Waals surface area contributed by atoms with Crippen molar-refractivity contribution in [2.24, 2.45) is 0 Å². The van der Waals surface area contributed by atoms with Gasteiger partial charge in [-0.25, -0.2) is 4.79 Å². The molecular weight excluding hydrogens is 452 g/mol. The summed E-state index contributed by atoms with van der Waals surface area (Å²) < 4.78 is 14.7. The predicted molar refractivity (Wildman–Crippen MR) is 137 cm³/mol. The van der Waals surface area contributed by atoms with Gasteiger partial charge in [-0.1, -0.05) is 31.4 Å². The molecule has 1 aliphatic carbocycles. The number of likely N-dealkylation sites (N-methyl/N-ethyl adjacent to an activating group) is 1. The lowest BCUT2D eigenvalue weighted by atomic mass is 9.81. The van der Waals surface area contributed by atoms with Gasteiger partial charge in [0.1, 0.15) is 13.2 Å². The van der Waals surface area contributed by atoms with Gasteiger partial charge in [0.25, 0.3) is 0 Å². The Morgan fingerprint density at radius 2 is 1.97 bits per heavy atom. The van der Waals surface area contributed by atoms with E-state index in [2.05, 4.69) is 15.5 Å². The molecule has 5 rings (SSSR count). The van der Waals surface area contributed by atoms with Crippen LogP contribution in [0.25, 0.3) is 22.2 Å². The first kappa shape index (κ1) is 24.4. The molecule has 1 aliphatic heterocycles. The lowest BCUT2D eigenvalue weighted by Gasteiger charge is -2.24. The van der Waals surface area contributed by atoms with E-state index >= 15 is 0 Å². The fourth-order valence-corrected chi connectivity index (χ4v) is 5.38. The molecule has 3 aromatic rings. The van der Waals surface area contributed by atoms with Crippen LogP contribution in [0, 0.1) is 0 Å². The second kappa shape index (κ2) is 10.3. The monoisotopic (exact) mass is 484 g/mol. The number of aromatic carboxylic acids is 1. The van der Waals surface area contributed by atoms with Gasteiger partial charge in [-0.05, 0) is 62.7 Å². The van der Waals surface area contributed by atoms with Gasteiger partial charge >= 0.3 is 5.97 Å². The molecule has 2 heterocycles. The molecule has 0 unspecified atom stereocenters. The van der Waals surface area contributed by atoms with Crippen molar-refractivity contribution in [1.82, 2.24) is 9.47 Å². The molecule has 0 spiro atoms. The van der Waals surface area contributed by atoms with Crippen LogP contribution in [-0.4, -0.2) is 54.4 Å². The zero-order valence-corrected chi connectivity index (χ0v) is 20.7. The van der Waals surface area contributed by atoms with E-state index in [4.69, 9.17) is 9.47 Å². The van der Waals surface area contributed by atoms with Crippen LogP contribution in [0.3, 0.4) is 0 Å². The Hall–Kier alpha value is -2.70. The van der Waals surface area contributed by atoms with Gasteiger partial charge in [-0.3, -0.25) is 0 Å². The number of nitrogens with zero attached hydrogens (tertiary/aromatic N) is 2. The predicted octanol–water partition coefficient (Wildman–Crippen LogP) is 5.81. The highest BCUT2D eigenvalue weighted by atomic mass is 35.5. The highest BCUT2D eigenvalue weighted by Crippen LogP contribution is 2.49. The van der Waals surface area contributed by atoms with Crippen molar-refractivity contribution in [3.05, 3.63) is 47.5 Å². The Morgan fingerprint density at radius 3 is 2.71 bits per heavy atom. The first-order valence-electron chi connectivity index (χ1n) is 12.0. The average Bonchev–Trinajstić information content (AvgIpc) is 3.00. The van der Waals surface area contributed by atoms with E-state index in [0.717, 1.165) is 29.1 Å². The summed E-state index contributed by atoms with van der Waals surface area (Å²) in [4.78, 5) is 13.8. The van der Waals surface area contributed by atoms with Crippen LogP contribution in [0.2, 0.25) is 0 Å². The number of ether oxygens (including phenoxy) is 2. The fourth-order valence-electron chi connectivity index (χ4n) is 5.38. The average molecular weight is 485 g/mol. The van der Waals surface area contributed by atoms with Crippen molar-refractivity contribution in [1.29, 1.82) is 0 Å². The number of hydrogen-bond acceptors (Lipinski definition) is 4. The van der Waals surface area contributed by atoms with E-state index in [1.807, 2.05) is 38.4 Å². The topological polar surface area (TPSA) is 63.9 Å². The van der Waals surface area contributed by atoms with Gasteiger partial charge in [0.15, 0.2) is 11.5 Å². The maximum absolute atomic E-state index is 11.7. The maximum atomic E-state index is 11.7. The number of fused-ring (bicyclic) bond motifs is 5. The third-order valence-electron chi connectivity index (χ3n) is 6.96. The van der Waals surface area contributed by atoms with Crippen LogP contribution in [0.1, 0.15) is 53.9 Å². The normalized spacial score (nSPS) is 15.7. The summed E-state index contributed by atoms with van der Waals surface area (Å²) in [5.41, 5.74) is 4.87. The summed E-state index contributed by atoms with van der Waals surface area (Å²) in [6.07, 6.45) is 6.10. The summed E-state index contributed by atoms with van der Waals surface area (Å²) in [6.45, 7) is 2.61. The standard InChI is InChI=1S/C27H32N2O4.ClH/c1-28(2)13-15-32-23-10-6-9-21-25-24(18-7-4-3-5-8-18)20-12-11-19(27(30)31)17-22(20)29(25)14-16-33-26(21)23;/h6,9-12,17-18H,3-5,7-8,13-16H2,1-2H3,(H,30,31);1H. The largest absolute Gasteiger partial charge is 0.488 e. The van der Waals surface area contributed by atoms with Crippen molar-refractivity contribution in [2.75, 3.05) is 33.9 Å². The molecule has 7 heteroatoms. The second-order valence-corrected chi connectivity index (χ2v) is 9.42. The highest BCUT2D eigenvalue weighted by Gasteiger charge is 2.30. The van der Waals surface area contributed by atoms with E-state index in [1.165, 1.54) is 48.7 Å². The zero-order chi connectivity index (χ0) is 22.9. The van der Waals surface area contributed by atoms with E-state index in [1.54, 1.807) is 6.07 Å². The Labute approximate surface area is 206 Å². The first-order valence-corrected chi connectivity index (χ1v) is 12.0. The minimum atomic E-state index is -0.895. The van der Waals surface area contributed by atoms with Crippen molar-refractivity contribution in [3.63, 3.8) is 0 Å². The Kier molecular flexibility index (Phi) is 7.39. The van der Waals surface area contributed by atoms with E-state index in [0.29, 0.717) is 31.2 Å². The lowest BCUT2D eigenvalue weighted by molar-refractivity contribution is 0.0697. The zero-order valence-electron chi connectivity index (χ0n) is 19.9. The minimum Gasteiger partial charge on any atom is -0.488 e. The van der Waals surface area contributed by atoms with E-state index in [-0.39, 0.29) is 12.4 Å². The molecule has 6 nitrogen and oxygen atoms in total. The molecule has 0 amide bonds. The summed E-state index contributed by atoms with van der Waals surface area (Å²) in [5.74, 6) is 1.15. The number of halogens is 1. The minimum absolute atomic E-state index is 0. The van der Waals surface area contributed by atoms with Gasteiger partial charge in [-0.15, -0.1) is 12.4 Å². The van der Waals surface area contributed by atoms with E-state index < -0.39 is 5.97 Å². The van der Waals surface area contributed by atoms with Crippen LogP contribution in [-0.2, 0) is 6.54 Å². The van der Waals surface area contributed by atoms with Crippen molar-refractivity contribution in [3.8, 4) is 22.8 Å². The van der Waals surface area contributed by atoms with Gasteiger partial charge in [0, 0.05) is 23.0 Å². The van der Waals surface area contributed by atoms with Crippen molar-refractivity contribution in [2.45, 2.75) is 44.6 Å². The summed E-state index contributed by atoms with van der Waals surface area (Å²) in [7, 11) is 4.07. The van der Waals surface area contributed by atoms with E-state index in [9.17, 15) is 9.90 Å². The van der Waals surface area contributed by atoms with Gasteiger partial charge in [-0.2, -0.15) is 0 Å². The molecule has 1 aromatic heterocycles. The van der Waals surface area contributed by atoms with Crippen LogP contribution in [0.5, 0.6) is 11.5 Å². The third-order valence-corrected chi connectivity index (χ3v) is 6.96. The SMILES string of the molecule is CN(C)CCOc1cccc2c1OCCn1c-2c(C2CCCCC2)c2ccc(C(=O)O)cc21.Cl. The summed E-state index contributed by atoms with van der Waals surface area (Å²) in [5, 5.41) is 10.8. The maximum Gasteiger partial charge on any atom is 0.335 e. The number of aromatic nitrogens is 1. The summed E-state index contributed by atoms with van der Waals surface area (Å²) in [6, 6.07) is 11.7. The Morgan fingerprint density at radius 1 is 1.18 bits per heavy atom. The molecule has 1 saturated carbocycles. The van der Waals surface area contributed by atoms with Crippen molar-refractivity contribution >= 4 is 29.3 Å². The number of para-hydroxylation sites is 1. The number of rotatable bonds is 6. The highest BCUT2D eigenvalue weighted by molar-refractivity contribution is 5.99. The van der Waals surface area contributed by atoms with Gasteiger partial charge < -0.3 is 24.0 Å². The lowest BCUT2D eigenvalue weighted by Crippen LogP contribution is -2.19. The molecule has 1 fully saturated rings. The number of benzene rings is 2. The van der Waals surface area contributed by atoms with Crippen LogP contribution in [0.4, 0.5) is 0 Å². The van der Waals surface area contributed by atoms with Gasteiger partial charge in [0.05, 0.1) is 17.8 Å².